The Labute approximate surface area is 112 Å². The summed E-state index contributed by atoms with van der Waals surface area (Å²) in [4.78, 5) is 14.9. The van der Waals surface area contributed by atoms with Crippen molar-refractivity contribution in [1.82, 2.24) is 10.2 Å². The molecule has 1 heterocycles. The van der Waals surface area contributed by atoms with Gasteiger partial charge in [0, 0.05) is 13.1 Å². The Bertz CT molecular complexity index is 258. The summed E-state index contributed by atoms with van der Waals surface area (Å²) in [6.07, 6.45) is 3.02. The molecule has 0 spiro atoms. The van der Waals surface area contributed by atoms with Gasteiger partial charge in [-0.15, -0.1) is 0 Å². The van der Waals surface area contributed by atoms with Crippen LogP contribution in [0.2, 0.25) is 0 Å². The molecule has 0 radical (unpaired) electrons. The van der Waals surface area contributed by atoms with Crippen molar-refractivity contribution >= 4 is 5.91 Å². The third kappa shape index (κ3) is 3.71. The molecule has 0 aromatic rings. The van der Waals surface area contributed by atoms with Crippen molar-refractivity contribution in [1.29, 1.82) is 0 Å². The lowest BCUT2D eigenvalue weighted by atomic mass is 9.91. The molecular formula is C15H30N2O. The Morgan fingerprint density at radius 3 is 2.11 bits per heavy atom. The minimum Gasteiger partial charge on any atom is -0.341 e. The SMILES string of the molecule is CCC1(C(=O)N(CC(C)C)CC(C)C)CCCN1. The highest BCUT2D eigenvalue weighted by molar-refractivity contribution is 5.86. The van der Waals surface area contributed by atoms with Crippen LogP contribution in [0.1, 0.15) is 53.9 Å². The monoisotopic (exact) mass is 254 g/mol. The van der Waals surface area contributed by atoms with E-state index >= 15 is 0 Å². The second kappa shape index (κ2) is 6.55. The molecule has 1 rings (SSSR count). The van der Waals surface area contributed by atoms with E-state index in [0.717, 1.165) is 38.9 Å². The van der Waals surface area contributed by atoms with Crippen LogP contribution in [0.25, 0.3) is 0 Å². The Balaban J connectivity index is 2.79. The van der Waals surface area contributed by atoms with Crippen molar-refractivity contribution in [3.63, 3.8) is 0 Å². The summed E-state index contributed by atoms with van der Waals surface area (Å²) in [5.41, 5.74) is -0.274. The van der Waals surface area contributed by atoms with Crippen LogP contribution < -0.4 is 5.32 Å². The zero-order valence-corrected chi connectivity index (χ0v) is 12.8. The second-order valence-corrected chi connectivity index (χ2v) is 6.46. The minimum atomic E-state index is -0.274. The quantitative estimate of drug-likeness (QED) is 0.790. The van der Waals surface area contributed by atoms with Crippen molar-refractivity contribution in [2.75, 3.05) is 19.6 Å². The van der Waals surface area contributed by atoms with Gasteiger partial charge in [0.1, 0.15) is 0 Å². The van der Waals surface area contributed by atoms with E-state index in [4.69, 9.17) is 0 Å². The molecule has 3 heteroatoms. The van der Waals surface area contributed by atoms with Gasteiger partial charge in [-0.2, -0.15) is 0 Å². The minimum absolute atomic E-state index is 0.274. The summed E-state index contributed by atoms with van der Waals surface area (Å²) in [7, 11) is 0. The van der Waals surface area contributed by atoms with Crippen LogP contribution in [0.3, 0.4) is 0 Å². The summed E-state index contributed by atoms with van der Waals surface area (Å²) in [6, 6.07) is 0. The van der Waals surface area contributed by atoms with Crippen molar-refractivity contribution < 1.29 is 4.79 Å². The Hall–Kier alpha value is -0.570. The fraction of sp³-hybridized carbons (Fsp3) is 0.933. The van der Waals surface area contributed by atoms with Crippen molar-refractivity contribution in [3.8, 4) is 0 Å². The zero-order valence-electron chi connectivity index (χ0n) is 12.8. The third-order valence-corrected chi connectivity index (χ3v) is 3.71. The maximum atomic E-state index is 12.8. The van der Waals surface area contributed by atoms with E-state index in [2.05, 4.69) is 44.8 Å². The molecule has 0 saturated carbocycles. The van der Waals surface area contributed by atoms with Gasteiger partial charge in [-0.25, -0.2) is 0 Å². The number of hydrogen-bond acceptors (Lipinski definition) is 2. The predicted molar refractivity (Wildman–Crippen MR) is 76.5 cm³/mol. The van der Waals surface area contributed by atoms with Crippen LogP contribution in [0.15, 0.2) is 0 Å². The molecule has 1 atom stereocenters. The van der Waals surface area contributed by atoms with E-state index in [1.807, 2.05) is 0 Å². The van der Waals surface area contributed by atoms with Crippen LogP contribution in [-0.4, -0.2) is 36.0 Å². The third-order valence-electron chi connectivity index (χ3n) is 3.71. The van der Waals surface area contributed by atoms with E-state index in [1.165, 1.54) is 0 Å². The highest BCUT2D eigenvalue weighted by Gasteiger charge is 2.41. The molecule has 0 bridgehead atoms. The van der Waals surface area contributed by atoms with E-state index in [0.29, 0.717) is 17.7 Å². The molecule has 0 aliphatic carbocycles. The molecule has 1 N–H and O–H groups in total. The van der Waals surface area contributed by atoms with Gasteiger partial charge in [0.05, 0.1) is 5.54 Å². The molecule has 3 nitrogen and oxygen atoms in total. The molecule has 1 saturated heterocycles. The predicted octanol–water partition coefficient (Wildman–Crippen LogP) is 2.66. The number of nitrogens with zero attached hydrogens (tertiary/aromatic N) is 1. The number of carbonyl (C=O) groups is 1. The maximum absolute atomic E-state index is 12.8. The van der Waals surface area contributed by atoms with E-state index in [-0.39, 0.29) is 5.54 Å². The van der Waals surface area contributed by atoms with Crippen LogP contribution in [-0.2, 0) is 4.79 Å². The highest BCUT2D eigenvalue weighted by atomic mass is 16.2. The fourth-order valence-electron chi connectivity index (χ4n) is 2.87. The second-order valence-electron chi connectivity index (χ2n) is 6.46. The molecule has 1 fully saturated rings. The number of rotatable bonds is 6. The summed E-state index contributed by atoms with van der Waals surface area (Å²) >= 11 is 0. The lowest BCUT2D eigenvalue weighted by Gasteiger charge is -2.36. The van der Waals surface area contributed by atoms with E-state index in [1.54, 1.807) is 0 Å². The molecule has 0 aromatic carbocycles. The fourth-order valence-corrected chi connectivity index (χ4v) is 2.87. The van der Waals surface area contributed by atoms with Gasteiger partial charge in [0.2, 0.25) is 5.91 Å². The standard InChI is InChI=1S/C15H30N2O/c1-6-15(8-7-9-16-15)14(18)17(10-12(2)3)11-13(4)5/h12-13,16H,6-11H2,1-5H3. The van der Waals surface area contributed by atoms with Crippen molar-refractivity contribution in [2.24, 2.45) is 11.8 Å². The van der Waals surface area contributed by atoms with E-state index in [9.17, 15) is 4.79 Å². The summed E-state index contributed by atoms with van der Waals surface area (Å²) in [6.45, 7) is 13.6. The number of carbonyl (C=O) groups excluding carboxylic acids is 1. The first-order valence-corrected chi connectivity index (χ1v) is 7.45. The molecule has 1 amide bonds. The van der Waals surface area contributed by atoms with Gasteiger partial charge in [0.25, 0.3) is 0 Å². The summed E-state index contributed by atoms with van der Waals surface area (Å²) < 4.78 is 0. The lowest BCUT2D eigenvalue weighted by Crippen LogP contribution is -2.55. The first-order chi connectivity index (χ1) is 8.41. The van der Waals surface area contributed by atoms with Crippen molar-refractivity contribution in [3.05, 3.63) is 0 Å². The topological polar surface area (TPSA) is 32.3 Å². The molecule has 0 aromatic heterocycles. The molecule has 1 unspecified atom stereocenters. The van der Waals surface area contributed by atoms with Gasteiger partial charge < -0.3 is 10.2 Å². The van der Waals surface area contributed by atoms with Gasteiger partial charge in [-0.1, -0.05) is 34.6 Å². The average molecular weight is 254 g/mol. The van der Waals surface area contributed by atoms with Gasteiger partial charge in [-0.3, -0.25) is 4.79 Å². The molecular weight excluding hydrogens is 224 g/mol. The Morgan fingerprint density at radius 1 is 1.22 bits per heavy atom. The number of hydrogen-bond donors (Lipinski definition) is 1. The zero-order chi connectivity index (χ0) is 13.8. The largest absolute Gasteiger partial charge is 0.341 e. The molecule has 18 heavy (non-hydrogen) atoms. The van der Waals surface area contributed by atoms with Crippen molar-refractivity contribution in [2.45, 2.75) is 59.4 Å². The smallest absolute Gasteiger partial charge is 0.242 e. The maximum Gasteiger partial charge on any atom is 0.242 e. The molecule has 1 aliphatic rings. The molecule has 106 valence electrons. The van der Waals surface area contributed by atoms with Gasteiger partial charge >= 0.3 is 0 Å². The Morgan fingerprint density at radius 2 is 1.78 bits per heavy atom. The number of nitrogens with one attached hydrogen (secondary N) is 1. The van der Waals surface area contributed by atoms with Crippen LogP contribution >= 0.6 is 0 Å². The highest BCUT2D eigenvalue weighted by Crippen LogP contribution is 2.26. The van der Waals surface area contributed by atoms with E-state index < -0.39 is 0 Å². The van der Waals surface area contributed by atoms with Crippen LogP contribution in [0, 0.1) is 11.8 Å². The van der Waals surface area contributed by atoms with Gasteiger partial charge in [-0.05, 0) is 37.6 Å². The number of amides is 1. The molecule has 1 aliphatic heterocycles. The van der Waals surface area contributed by atoms with Crippen LogP contribution in [0.4, 0.5) is 0 Å². The normalized spacial score (nSPS) is 23.9. The van der Waals surface area contributed by atoms with Crippen LogP contribution in [0.5, 0.6) is 0 Å². The lowest BCUT2D eigenvalue weighted by molar-refractivity contribution is -0.139. The average Bonchev–Trinajstić information content (AvgIpc) is 2.75. The first-order valence-electron chi connectivity index (χ1n) is 7.45. The summed E-state index contributed by atoms with van der Waals surface area (Å²) in [5, 5.41) is 3.46. The summed E-state index contributed by atoms with van der Waals surface area (Å²) in [5.74, 6) is 1.39. The first kappa shape index (κ1) is 15.5. The Kier molecular flexibility index (Phi) is 5.64. The van der Waals surface area contributed by atoms with Gasteiger partial charge in [0.15, 0.2) is 0 Å².